The highest BCUT2D eigenvalue weighted by Crippen LogP contribution is 2.19. The minimum absolute atomic E-state index is 0.0832. The van der Waals surface area contributed by atoms with Crippen LogP contribution in [0, 0.1) is 13.8 Å². The summed E-state index contributed by atoms with van der Waals surface area (Å²) in [5.41, 5.74) is 2.97. The number of nitrogens with zero attached hydrogens (tertiary/aromatic N) is 2. The van der Waals surface area contributed by atoms with Crippen molar-refractivity contribution >= 4 is 10.0 Å². The lowest BCUT2D eigenvalue weighted by atomic mass is 10.1. The Morgan fingerprint density at radius 2 is 1.83 bits per heavy atom. The molecule has 0 bridgehead atoms. The van der Waals surface area contributed by atoms with Gasteiger partial charge in [0.1, 0.15) is 5.76 Å². The van der Waals surface area contributed by atoms with Crippen molar-refractivity contribution in [1.29, 1.82) is 0 Å². The zero-order chi connectivity index (χ0) is 17.2. The van der Waals surface area contributed by atoms with E-state index in [1.54, 1.807) is 12.1 Å². The van der Waals surface area contributed by atoms with E-state index in [2.05, 4.69) is 10.5 Å². The smallest absolute Gasteiger partial charge is 0.242 e. The topological polar surface area (TPSA) is 75.4 Å². The molecule has 6 nitrogen and oxygen atoms in total. The summed E-state index contributed by atoms with van der Waals surface area (Å²) in [6.45, 7) is 6.50. The second kappa shape index (κ2) is 6.82. The molecule has 1 atom stereocenters. The van der Waals surface area contributed by atoms with Gasteiger partial charge in [0.2, 0.25) is 10.0 Å². The van der Waals surface area contributed by atoms with Gasteiger partial charge in [-0.1, -0.05) is 17.3 Å². The van der Waals surface area contributed by atoms with Crippen LogP contribution in [0.15, 0.2) is 33.7 Å². The summed E-state index contributed by atoms with van der Waals surface area (Å²) >= 11 is 0. The molecule has 1 heterocycles. The summed E-state index contributed by atoms with van der Waals surface area (Å²) in [5, 5.41) is 7.34. The van der Waals surface area contributed by atoms with Gasteiger partial charge in [-0.3, -0.25) is 0 Å². The number of aryl methyl sites for hydroxylation is 2. The minimum atomic E-state index is -3.39. The number of benzene rings is 1. The van der Waals surface area contributed by atoms with Crippen molar-refractivity contribution in [3.05, 3.63) is 46.8 Å². The third kappa shape index (κ3) is 3.80. The highest BCUT2D eigenvalue weighted by Gasteiger charge is 2.17. The van der Waals surface area contributed by atoms with Crippen LogP contribution >= 0.6 is 0 Å². The second-order valence-electron chi connectivity index (χ2n) is 5.76. The molecule has 1 aromatic heterocycles. The van der Waals surface area contributed by atoms with Crippen molar-refractivity contribution < 1.29 is 12.9 Å². The Labute approximate surface area is 137 Å². The Morgan fingerprint density at radius 1 is 1.22 bits per heavy atom. The molecule has 0 spiro atoms. The normalized spacial score (nSPS) is 13.5. The molecule has 2 rings (SSSR count). The van der Waals surface area contributed by atoms with Crippen molar-refractivity contribution in [3.8, 4) is 0 Å². The number of hydrogen-bond donors (Lipinski definition) is 1. The molecular formula is C16H23N3O3S. The lowest BCUT2D eigenvalue weighted by Gasteiger charge is -2.16. The van der Waals surface area contributed by atoms with E-state index in [1.807, 2.05) is 32.9 Å². The van der Waals surface area contributed by atoms with Crippen LogP contribution < -0.4 is 5.32 Å². The highest BCUT2D eigenvalue weighted by molar-refractivity contribution is 7.89. The highest BCUT2D eigenvalue weighted by atomic mass is 32.2. The van der Waals surface area contributed by atoms with Gasteiger partial charge in [0.05, 0.1) is 10.6 Å². The van der Waals surface area contributed by atoms with E-state index in [9.17, 15) is 8.42 Å². The van der Waals surface area contributed by atoms with Crippen molar-refractivity contribution in [2.75, 3.05) is 14.1 Å². The van der Waals surface area contributed by atoms with Gasteiger partial charge in [0.15, 0.2) is 0 Å². The van der Waals surface area contributed by atoms with Gasteiger partial charge in [0.25, 0.3) is 0 Å². The first-order valence-electron chi connectivity index (χ1n) is 7.41. The predicted octanol–water partition coefficient (Wildman–Crippen LogP) is 2.39. The van der Waals surface area contributed by atoms with Crippen LogP contribution in [0.1, 0.15) is 35.5 Å². The second-order valence-corrected chi connectivity index (χ2v) is 7.91. The van der Waals surface area contributed by atoms with Crippen molar-refractivity contribution in [1.82, 2.24) is 14.8 Å². The minimum Gasteiger partial charge on any atom is -0.361 e. The Hall–Kier alpha value is -1.70. The lowest BCUT2D eigenvalue weighted by Crippen LogP contribution is -2.22. The SMILES string of the molecule is Cc1noc(C)c1CN[C@H](C)c1ccc(S(=O)(=O)N(C)C)cc1. The molecule has 0 unspecified atom stereocenters. The maximum Gasteiger partial charge on any atom is 0.242 e. The van der Waals surface area contributed by atoms with E-state index in [0.717, 1.165) is 22.6 Å². The molecule has 126 valence electrons. The summed E-state index contributed by atoms with van der Waals surface area (Å²) in [7, 11) is -0.336. The van der Waals surface area contributed by atoms with Crippen molar-refractivity contribution in [2.45, 2.75) is 38.3 Å². The van der Waals surface area contributed by atoms with Crippen LogP contribution in [0.2, 0.25) is 0 Å². The number of nitrogens with one attached hydrogen (secondary N) is 1. The van der Waals surface area contributed by atoms with Crippen LogP contribution in [0.4, 0.5) is 0 Å². The Morgan fingerprint density at radius 3 is 2.30 bits per heavy atom. The van der Waals surface area contributed by atoms with Gasteiger partial charge in [0, 0.05) is 32.2 Å². The molecule has 0 radical (unpaired) electrons. The molecule has 2 aromatic rings. The summed E-state index contributed by atoms with van der Waals surface area (Å²) in [5.74, 6) is 0.814. The summed E-state index contributed by atoms with van der Waals surface area (Å²) in [6, 6.07) is 7.03. The average molecular weight is 337 g/mol. The quantitative estimate of drug-likeness (QED) is 0.876. The molecule has 0 amide bonds. The fourth-order valence-corrected chi connectivity index (χ4v) is 3.17. The molecule has 23 heavy (non-hydrogen) atoms. The fourth-order valence-electron chi connectivity index (χ4n) is 2.27. The third-order valence-electron chi connectivity index (χ3n) is 3.92. The zero-order valence-electron chi connectivity index (χ0n) is 14.1. The first-order chi connectivity index (χ1) is 10.7. The zero-order valence-corrected chi connectivity index (χ0v) is 14.9. The van der Waals surface area contributed by atoms with Gasteiger partial charge >= 0.3 is 0 Å². The van der Waals surface area contributed by atoms with E-state index in [0.29, 0.717) is 11.4 Å². The molecule has 0 saturated carbocycles. The lowest BCUT2D eigenvalue weighted by molar-refractivity contribution is 0.391. The van der Waals surface area contributed by atoms with E-state index in [1.165, 1.54) is 18.4 Å². The summed E-state index contributed by atoms with van der Waals surface area (Å²) in [4.78, 5) is 0.296. The molecule has 7 heteroatoms. The van der Waals surface area contributed by atoms with Gasteiger partial charge in [-0.25, -0.2) is 12.7 Å². The van der Waals surface area contributed by atoms with E-state index < -0.39 is 10.0 Å². The van der Waals surface area contributed by atoms with E-state index in [4.69, 9.17) is 4.52 Å². The van der Waals surface area contributed by atoms with Gasteiger partial charge in [-0.15, -0.1) is 0 Å². The monoisotopic (exact) mass is 337 g/mol. The van der Waals surface area contributed by atoms with Gasteiger partial charge in [-0.05, 0) is 38.5 Å². The first-order valence-corrected chi connectivity index (χ1v) is 8.85. The van der Waals surface area contributed by atoms with Crippen LogP contribution in [0.25, 0.3) is 0 Å². The van der Waals surface area contributed by atoms with E-state index >= 15 is 0 Å². The number of aromatic nitrogens is 1. The molecule has 0 aliphatic rings. The van der Waals surface area contributed by atoms with Crippen molar-refractivity contribution in [2.24, 2.45) is 0 Å². The standard InChI is InChI=1S/C16H23N3O3S/c1-11(17-10-16-12(2)18-22-13(16)3)14-6-8-15(9-7-14)23(20,21)19(4)5/h6-9,11,17H,10H2,1-5H3/t11-/m1/s1. The fraction of sp³-hybridized carbons (Fsp3) is 0.438. The van der Waals surface area contributed by atoms with Crippen LogP contribution in [-0.4, -0.2) is 32.0 Å². The maximum absolute atomic E-state index is 12.1. The molecule has 0 aliphatic carbocycles. The van der Waals surface area contributed by atoms with Crippen LogP contribution in [0.5, 0.6) is 0 Å². The maximum atomic E-state index is 12.1. The first kappa shape index (κ1) is 17.7. The Kier molecular flexibility index (Phi) is 5.23. The number of hydrogen-bond acceptors (Lipinski definition) is 5. The molecular weight excluding hydrogens is 314 g/mol. The Balaban J connectivity index is 2.08. The van der Waals surface area contributed by atoms with E-state index in [-0.39, 0.29) is 6.04 Å². The number of rotatable bonds is 6. The summed E-state index contributed by atoms with van der Waals surface area (Å²) < 4.78 is 30.5. The number of sulfonamides is 1. The predicted molar refractivity (Wildman–Crippen MR) is 88.5 cm³/mol. The molecule has 0 saturated heterocycles. The summed E-state index contributed by atoms with van der Waals surface area (Å²) in [6.07, 6.45) is 0. The molecule has 0 aliphatic heterocycles. The van der Waals surface area contributed by atoms with Gasteiger partial charge in [-0.2, -0.15) is 0 Å². The molecule has 0 fully saturated rings. The van der Waals surface area contributed by atoms with Crippen LogP contribution in [-0.2, 0) is 16.6 Å². The van der Waals surface area contributed by atoms with Gasteiger partial charge < -0.3 is 9.84 Å². The average Bonchev–Trinajstić information content (AvgIpc) is 2.83. The molecule has 1 N–H and O–H groups in total. The Bertz CT molecular complexity index is 745. The third-order valence-corrected chi connectivity index (χ3v) is 5.75. The molecule has 1 aromatic carbocycles. The van der Waals surface area contributed by atoms with Crippen molar-refractivity contribution in [3.63, 3.8) is 0 Å². The van der Waals surface area contributed by atoms with Crippen LogP contribution in [0.3, 0.4) is 0 Å². The largest absolute Gasteiger partial charge is 0.361 e.